The molecular formula is C15H19FN2O3. The molecule has 1 amide bonds. The maximum absolute atomic E-state index is 14.7. The molecule has 1 aromatic carbocycles. The molecule has 0 radical (unpaired) electrons. The molecule has 0 aliphatic carbocycles. The number of halogens is 1. The van der Waals surface area contributed by atoms with Crippen molar-refractivity contribution in [2.24, 2.45) is 11.0 Å². The Morgan fingerprint density at radius 2 is 2.24 bits per heavy atom. The summed E-state index contributed by atoms with van der Waals surface area (Å²) in [5.74, 6) is -0.160. The number of methoxy groups -OCH3 is 1. The van der Waals surface area contributed by atoms with E-state index in [1.807, 2.05) is 13.8 Å². The zero-order valence-corrected chi connectivity index (χ0v) is 12.4. The van der Waals surface area contributed by atoms with E-state index in [-0.39, 0.29) is 24.4 Å². The largest absolute Gasteiger partial charge is 0.467 e. The summed E-state index contributed by atoms with van der Waals surface area (Å²) in [6.07, 6.45) is 0.800. The Kier molecular flexibility index (Phi) is 4.90. The van der Waals surface area contributed by atoms with Crippen molar-refractivity contribution in [2.75, 3.05) is 13.9 Å². The summed E-state index contributed by atoms with van der Waals surface area (Å²) in [5, 5.41) is 4.00. The lowest BCUT2D eigenvalue weighted by molar-refractivity contribution is -0.121. The molecular weight excluding hydrogens is 275 g/mol. The van der Waals surface area contributed by atoms with E-state index in [0.29, 0.717) is 35.4 Å². The van der Waals surface area contributed by atoms with Crippen LogP contribution in [0.4, 0.5) is 4.39 Å². The molecule has 1 aromatic rings. The summed E-state index contributed by atoms with van der Waals surface area (Å²) < 4.78 is 24.9. The van der Waals surface area contributed by atoms with Crippen LogP contribution >= 0.6 is 0 Å². The van der Waals surface area contributed by atoms with Gasteiger partial charge in [-0.05, 0) is 18.6 Å². The smallest absolute Gasteiger partial charge is 0.240 e. The van der Waals surface area contributed by atoms with Crippen molar-refractivity contribution >= 4 is 11.6 Å². The first-order valence-electron chi connectivity index (χ1n) is 6.88. The number of benzene rings is 1. The molecule has 0 saturated heterocycles. The fraction of sp³-hybridized carbons (Fsp3) is 0.467. The summed E-state index contributed by atoms with van der Waals surface area (Å²) in [6, 6.07) is 3.34. The lowest BCUT2D eigenvalue weighted by atomic mass is 9.92. The van der Waals surface area contributed by atoms with Crippen LogP contribution in [0.1, 0.15) is 31.4 Å². The van der Waals surface area contributed by atoms with E-state index < -0.39 is 0 Å². The molecule has 0 spiro atoms. The molecule has 1 N–H and O–H groups in total. The van der Waals surface area contributed by atoms with E-state index in [4.69, 9.17) is 9.47 Å². The first-order chi connectivity index (χ1) is 10.1. The van der Waals surface area contributed by atoms with Crippen molar-refractivity contribution < 1.29 is 18.7 Å². The fourth-order valence-corrected chi connectivity index (χ4v) is 2.37. The van der Waals surface area contributed by atoms with Gasteiger partial charge in [0.1, 0.15) is 11.6 Å². The number of hydrogen-bond acceptors (Lipinski definition) is 4. The monoisotopic (exact) mass is 294 g/mol. The second kappa shape index (κ2) is 6.67. The molecule has 0 saturated carbocycles. The van der Waals surface area contributed by atoms with Crippen molar-refractivity contribution in [3.63, 3.8) is 0 Å². The van der Waals surface area contributed by atoms with Gasteiger partial charge in [0.05, 0.1) is 5.71 Å². The SMILES string of the molecule is CCc1c(OCOC)ccc(C2=NNC(=O)CC2C)c1F. The molecule has 2 rings (SSSR count). The van der Waals surface area contributed by atoms with Gasteiger partial charge in [0.25, 0.3) is 0 Å². The van der Waals surface area contributed by atoms with Gasteiger partial charge in [-0.3, -0.25) is 4.79 Å². The number of carbonyl (C=O) groups is 1. The van der Waals surface area contributed by atoms with Gasteiger partial charge in [-0.15, -0.1) is 0 Å². The highest BCUT2D eigenvalue weighted by molar-refractivity contribution is 6.06. The quantitative estimate of drug-likeness (QED) is 0.847. The molecule has 0 aromatic heterocycles. The number of ether oxygens (including phenoxy) is 2. The molecule has 5 nitrogen and oxygen atoms in total. The van der Waals surface area contributed by atoms with Gasteiger partial charge in [0.15, 0.2) is 6.79 Å². The third kappa shape index (κ3) is 3.21. The molecule has 21 heavy (non-hydrogen) atoms. The minimum absolute atomic E-state index is 0.0686. The third-order valence-corrected chi connectivity index (χ3v) is 3.42. The molecule has 1 atom stereocenters. The van der Waals surface area contributed by atoms with Crippen LogP contribution in [0.2, 0.25) is 0 Å². The van der Waals surface area contributed by atoms with Crippen LogP contribution in [-0.2, 0) is 16.0 Å². The lowest BCUT2D eigenvalue weighted by Gasteiger charge is -2.21. The van der Waals surface area contributed by atoms with Gasteiger partial charge >= 0.3 is 0 Å². The Labute approximate surface area is 123 Å². The van der Waals surface area contributed by atoms with Crippen LogP contribution in [0.3, 0.4) is 0 Å². The number of nitrogens with zero attached hydrogens (tertiary/aromatic N) is 1. The van der Waals surface area contributed by atoms with Crippen LogP contribution in [0.25, 0.3) is 0 Å². The molecule has 1 aliphatic heterocycles. The Bertz CT molecular complexity index is 572. The molecule has 114 valence electrons. The van der Waals surface area contributed by atoms with Crippen LogP contribution < -0.4 is 10.2 Å². The van der Waals surface area contributed by atoms with E-state index in [1.165, 1.54) is 7.11 Å². The molecule has 1 aliphatic rings. The van der Waals surface area contributed by atoms with Crippen molar-refractivity contribution in [1.82, 2.24) is 5.43 Å². The number of carbonyl (C=O) groups excluding carboxylic acids is 1. The highest BCUT2D eigenvalue weighted by atomic mass is 19.1. The normalized spacial score (nSPS) is 18.2. The highest BCUT2D eigenvalue weighted by Crippen LogP contribution is 2.28. The predicted octanol–water partition coefficient (Wildman–Crippen LogP) is 2.23. The van der Waals surface area contributed by atoms with Crippen LogP contribution in [0.5, 0.6) is 5.75 Å². The molecule has 6 heteroatoms. The average molecular weight is 294 g/mol. The van der Waals surface area contributed by atoms with Gasteiger partial charge in [0, 0.05) is 30.6 Å². The van der Waals surface area contributed by atoms with E-state index in [0.717, 1.165) is 0 Å². The molecule has 1 heterocycles. The third-order valence-electron chi connectivity index (χ3n) is 3.42. The number of rotatable bonds is 5. The number of amides is 1. The van der Waals surface area contributed by atoms with Crippen molar-refractivity contribution in [2.45, 2.75) is 26.7 Å². The highest BCUT2D eigenvalue weighted by Gasteiger charge is 2.25. The second-order valence-corrected chi connectivity index (χ2v) is 4.95. The van der Waals surface area contributed by atoms with Crippen molar-refractivity contribution in [3.05, 3.63) is 29.1 Å². The van der Waals surface area contributed by atoms with E-state index >= 15 is 0 Å². The van der Waals surface area contributed by atoms with Gasteiger partial charge in [0.2, 0.25) is 5.91 Å². The molecule has 0 fully saturated rings. The van der Waals surface area contributed by atoms with E-state index in [1.54, 1.807) is 12.1 Å². The number of hydrogen-bond donors (Lipinski definition) is 1. The Hall–Kier alpha value is -1.95. The second-order valence-electron chi connectivity index (χ2n) is 4.95. The predicted molar refractivity (Wildman–Crippen MR) is 76.7 cm³/mol. The fourth-order valence-electron chi connectivity index (χ4n) is 2.37. The first kappa shape index (κ1) is 15.4. The lowest BCUT2D eigenvalue weighted by Crippen LogP contribution is -2.32. The summed E-state index contributed by atoms with van der Waals surface area (Å²) in [7, 11) is 1.51. The van der Waals surface area contributed by atoms with Gasteiger partial charge < -0.3 is 9.47 Å². The van der Waals surface area contributed by atoms with Crippen molar-refractivity contribution in [1.29, 1.82) is 0 Å². The summed E-state index contributed by atoms with van der Waals surface area (Å²) in [4.78, 5) is 11.3. The average Bonchev–Trinajstić information content (AvgIpc) is 2.46. The summed E-state index contributed by atoms with van der Waals surface area (Å²) >= 11 is 0. The van der Waals surface area contributed by atoms with Crippen LogP contribution in [0.15, 0.2) is 17.2 Å². The van der Waals surface area contributed by atoms with Gasteiger partial charge in [-0.25, -0.2) is 9.82 Å². The maximum Gasteiger partial charge on any atom is 0.240 e. The van der Waals surface area contributed by atoms with Crippen LogP contribution in [0, 0.1) is 11.7 Å². The number of nitrogens with one attached hydrogen (secondary N) is 1. The first-order valence-corrected chi connectivity index (χ1v) is 6.88. The topological polar surface area (TPSA) is 59.9 Å². The zero-order chi connectivity index (χ0) is 15.4. The zero-order valence-electron chi connectivity index (χ0n) is 12.4. The minimum Gasteiger partial charge on any atom is -0.467 e. The Morgan fingerprint density at radius 1 is 1.48 bits per heavy atom. The van der Waals surface area contributed by atoms with Crippen LogP contribution in [-0.4, -0.2) is 25.5 Å². The Morgan fingerprint density at radius 3 is 2.86 bits per heavy atom. The molecule has 0 bridgehead atoms. The van der Waals surface area contributed by atoms with Crippen molar-refractivity contribution in [3.8, 4) is 5.75 Å². The van der Waals surface area contributed by atoms with Gasteiger partial charge in [-0.2, -0.15) is 5.10 Å². The van der Waals surface area contributed by atoms with E-state index in [9.17, 15) is 9.18 Å². The summed E-state index contributed by atoms with van der Waals surface area (Å²) in [5.41, 5.74) is 3.85. The van der Waals surface area contributed by atoms with E-state index in [2.05, 4.69) is 10.5 Å². The molecule has 1 unspecified atom stereocenters. The number of hydrazone groups is 1. The van der Waals surface area contributed by atoms with Gasteiger partial charge in [-0.1, -0.05) is 13.8 Å². The minimum atomic E-state index is -0.354. The maximum atomic E-state index is 14.7. The summed E-state index contributed by atoms with van der Waals surface area (Å²) in [6.45, 7) is 3.78. The Balaban J connectivity index is 2.39. The standard InChI is InChI=1S/C15H19FN2O3/c1-4-10-12(21-8-20-3)6-5-11(14(10)16)15-9(2)7-13(19)17-18-15/h5-6,9H,4,7-8H2,1-3H3,(H,17,19).